The summed E-state index contributed by atoms with van der Waals surface area (Å²) in [6.45, 7) is 3.85. The van der Waals surface area contributed by atoms with Crippen molar-refractivity contribution in [2.45, 2.75) is 58.0 Å². The molecule has 4 aliphatic carbocycles. The Labute approximate surface area is 210 Å². The van der Waals surface area contributed by atoms with Crippen LogP contribution in [0.2, 0.25) is 0 Å². The number of piperazine rings is 1. The quantitative estimate of drug-likeness (QED) is 0.513. The molecule has 0 aromatic heterocycles. The van der Waals surface area contributed by atoms with Crippen LogP contribution in [0.5, 0.6) is 0 Å². The SMILES string of the molecule is O=NCc1ccc(Br)cc1CN1CCN(C(=O)CNC(=O)CC23CC4CC(CC(C4)C2)C3)CC1. The first-order valence-electron chi connectivity index (χ1n) is 12.7. The number of hydrogen-bond donors (Lipinski definition) is 1. The second-order valence-electron chi connectivity index (χ2n) is 11.2. The molecule has 1 saturated heterocycles. The van der Waals surface area contributed by atoms with Crippen LogP contribution >= 0.6 is 15.9 Å². The van der Waals surface area contributed by atoms with Crippen molar-refractivity contribution >= 4 is 27.7 Å². The van der Waals surface area contributed by atoms with E-state index in [1.807, 2.05) is 23.1 Å². The van der Waals surface area contributed by atoms with E-state index in [1.165, 1.54) is 38.5 Å². The van der Waals surface area contributed by atoms with E-state index in [0.29, 0.717) is 19.5 Å². The summed E-state index contributed by atoms with van der Waals surface area (Å²) in [5.41, 5.74) is 2.24. The predicted molar refractivity (Wildman–Crippen MR) is 134 cm³/mol. The van der Waals surface area contributed by atoms with Crippen LogP contribution in [0.4, 0.5) is 0 Å². The van der Waals surface area contributed by atoms with Gasteiger partial charge in [-0.1, -0.05) is 27.2 Å². The molecule has 1 heterocycles. The second-order valence-corrected chi connectivity index (χ2v) is 12.1. The van der Waals surface area contributed by atoms with Crippen LogP contribution in [-0.4, -0.2) is 54.3 Å². The highest BCUT2D eigenvalue weighted by Gasteiger charge is 2.51. The van der Waals surface area contributed by atoms with Crippen LogP contribution in [0.25, 0.3) is 0 Å². The fourth-order valence-electron chi connectivity index (χ4n) is 7.56. The molecule has 184 valence electrons. The Balaban J connectivity index is 1.06. The number of carbonyl (C=O) groups is 2. The molecule has 0 spiro atoms. The molecule has 5 fully saturated rings. The Hall–Kier alpha value is -1.80. The highest BCUT2D eigenvalue weighted by molar-refractivity contribution is 9.10. The van der Waals surface area contributed by atoms with Crippen LogP contribution in [0, 0.1) is 28.1 Å². The molecule has 8 heteroatoms. The number of carbonyl (C=O) groups excluding carboxylic acids is 2. The van der Waals surface area contributed by atoms with Gasteiger partial charge in [0, 0.05) is 43.6 Å². The summed E-state index contributed by atoms with van der Waals surface area (Å²) in [4.78, 5) is 40.4. The van der Waals surface area contributed by atoms with Crippen LogP contribution in [-0.2, 0) is 22.7 Å². The fraction of sp³-hybridized carbons (Fsp3) is 0.692. The molecule has 4 bridgehead atoms. The Morgan fingerprint density at radius 3 is 2.26 bits per heavy atom. The molecule has 1 aromatic carbocycles. The summed E-state index contributed by atoms with van der Waals surface area (Å²) >= 11 is 3.51. The number of nitrogens with one attached hydrogen (secondary N) is 1. The lowest BCUT2D eigenvalue weighted by Crippen LogP contribution is -2.51. The van der Waals surface area contributed by atoms with Crippen molar-refractivity contribution in [3.63, 3.8) is 0 Å². The standard InChI is InChI=1S/C26H35BrN4O3/c27-23-2-1-21(15-29-34)22(10-23)17-30-3-5-31(6-4-30)25(33)16-28-24(32)14-26-11-18-7-19(12-26)9-20(8-18)13-26/h1-2,10,18-20H,3-9,11-17H2,(H,28,32). The molecule has 2 amide bonds. The molecule has 34 heavy (non-hydrogen) atoms. The maximum atomic E-state index is 12.8. The van der Waals surface area contributed by atoms with Crippen LogP contribution < -0.4 is 5.32 Å². The minimum Gasteiger partial charge on any atom is -0.347 e. The van der Waals surface area contributed by atoms with Crippen molar-refractivity contribution in [3.8, 4) is 0 Å². The average Bonchev–Trinajstić information content (AvgIpc) is 2.79. The molecule has 1 aliphatic heterocycles. The topological polar surface area (TPSA) is 82.1 Å². The molecule has 0 unspecified atom stereocenters. The highest BCUT2D eigenvalue weighted by Crippen LogP contribution is 2.61. The zero-order chi connectivity index (χ0) is 23.7. The molecule has 4 saturated carbocycles. The van der Waals surface area contributed by atoms with E-state index in [9.17, 15) is 14.5 Å². The van der Waals surface area contributed by atoms with E-state index >= 15 is 0 Å². The lowest BCUT2D eigenvalue weighted by Gasteiger charge is -2.56. The minimum atomic E-state index is 0.00631. The largest absolute Gasteiger partial charge is 0.347 e. The molecule has 6 rings (SSSR count). The lowest BCUT2D eigenvalue weighted by atomic mass is 9.49. The summed E-state index contributed by atoms with van der Waals surface area (Å²) < 4.78 is 0.982. The van der Waals surface area contributed by atoms with Gasteiger partial charge in [0.1, 0.15) is 6.54 Å². The van der Waals surface area contributed by atoms with Crippen molar-refractivity contribution in [2.24, 2.45) is 28.3 Å². The number of nitroso groups, excluding NO2 is 1. The number of nitrogens with zero attached hydrogens (tertiary/aromatic N) is 3. The molecule has 1 aromatic rings. The first kappa shape index (κ1) is 23.9. The predicted octanol–water partition coefficient (Wildman–Crippen LogP) is 4.08. The van der Waals surface area contributed by atoms with Crippen molar-refractivity contribution in [1.29, 1.82) is 0 Å². The Morgan fingerprint density at radius 1 is 1.00 bits per heavy atom. The van der Waals surface area contributed by atoms with Crippen LogP contribution in [0.15, 0.2) is 27.8 Å². The van der Waals surface area contributed by atoms with Gasteiger partial charge in [0.05, 0.1) is 6.54 Å². The smallest absolute Gasteiger partial charge is 0.242 e. The van der Waals surface area contributed by atoms with E-state index in [4.69, 9.17) is 0 Å². The van der Waals surface area contributed by atoms with Gasteiger partial charge in [-0.05, 0) is 85.0 Å². The Bertz CT molecular complexity index is 909. The lowest BCUT2D eigenvalue weighted by molar-refractivity contribution is -0.136. The van der Waals surface area contributed by atoms with Crippen molar-refractivity contribution in [1.82, 2.24) is 15.1 Å². The van der Waals surface area contributed by atoms with Crippen molar-refractivity contribution in [2.75, 3.05) is 32.7 Å². The number of benzene rings is 1. The highest BCUT2D eigenvalue weighted by atomic mass is 79.9. The number of halogens is 1. The normalized spacial score (nSPS) is 30.4. The Morgan fingerprint density at radius 2 is 1.65 bits per heavy atom. The summed E-state index contributed by atoms with van der Waals surface area (Å²) in [6, 6.07) is 5.90. The van der Waals surface area contributed by atoms with Gasteiger partial charge in [-0.2, -0.15) is 4.91 Å². The number of amides is 2. The summed E-state index contributed by atoms with van der Waals surface area (Å²) in [5.74, 6) is 2.56. The Kier molecular flexibility index (Phi) is 7.07. The monoisotopic (exact) mass is 530 g/mol. The van der Waals surface area contributed by atoms with E-state index in [1.54, 1.807) is 0 Å². The maximum Gasteiger partial charge on any atom is 0.242 e. The minimum absolute atomic E-state index is 0.00631. The van der Waals surface area contributed by atoms with Gasteiger partial charge in [-0.25, -0.2) is 0 Å². The van der Waals surface area contributed by atoms with E-state index < -0.39 is 0 Å². The van der Waals surface area contributed by atoms with E-state index in [2.05, 4.69) is 31.3 Å². The molecule has 7 nitrogen and oxygen atoms in total. The summed E-state index contributed by atoms with van der Waals surface area (Å²) in [6.07, 6.45) is 8.37. The second kappa shape index (κ2) is 10.1. The third-order valence-electron chi connectivity index (χ3n) is 8.66. The summed E-state index contributed by atoms with van der Waals surface area (Å²) in [5, 5.41) is 5.99. The maximum absolute atomic E-state index is 12.8. The van der Waals surface area contributed by atoms with Gasteiger partial charge >= 0.3 is 0 Å². The van der Waals surface area contributed by atoms with Gasteiger partial charge in [0.2, 0.25) is 11.8 Å². The fourth-order valence-corrected chi connectivity index (χ4v) is 7.97. The van der Waals surface area contributed by atoms with Gasteiger partial charge in [-0.3, -0.25) is 14.5 Å². The zero-order valence-corrected chi connectivity index (χ0v) is 21.4. The van der Waals surface area contributed by atoms with Gasteiger partial charge < -0.3 is 10.2 Å². The first-order chi connectivity index (χ1) is 16.4. The van der Waals surface area contributed by atoms with Crippen molar-refractivity contribution < 1.29 is 9.59 Å². The van der Waals surface area contributed by atoms with Gasteiger partial charge in [0.25, 0.3) is 0 Å². The van der Waals surface area contributed by atoms with Gasteiger partial charge in [-0.15, -0.1) is 0 Å². The summed E-state index contributed by atoms with van der Waals surface area (Å²) in [7, 11) is 0. The third-order valence-corrected chi connectivity index (χ3v) is 9.15. The first-order valence-corrected chi connectivity index (χ1v) is 13.5. The molecule has 0 radical (unpaired) electrons. The average molecular weight is 531 g/mol. The zero-order valence-electron chi connectivity index (χ0n) is 19.8. The molecular weight excluding hydrogens is 496 g/mol. The van der Waals surface area contributed by atoms with Crippen LogP contribution in [0.3, 0.4) is 0 Å². The van der Waals surface area contributed by atoms with Crippen LogP contribution in [0.1, 0.15) is 56.1 Å². The molecule has 5 aliphatic rings. The molecule has 0 atom stereocenters. The van der Waals surface area contributed by atoms with E-state index in [-0.39, 0.29) is 30.3 Å². The van der Waals surface area contributed by atoms with Gasteiger partial charge in [0.15, 0.2) is 0 Å². The third kappa shape index (κ3) is 5.38. The molecule has 1 N–H and O–H groups in total. The number of rotatable bonds is 8. The molecular formula is C26H35BrN4O3. The van der Waals surface area contributed by atoms with Crippen molar-refractivity contribution in [3.05, 3.63) is 38.7 Å². The number of hydrogen-bond acceptors (Lipinski definition) is 5. The van der Waals surface area contributed by atoms with E-state index in [0.717, 1.165) is 53.0 Å².